The van der Waals surface area contributed by atoms with E-state index in [1.165, 1.54) is 5.57 Å². The summed E-state index contributed by atoms with van der Waals surface area (Å²) in [6.07, 6.45) is 9.96. The minimum Gasteiger partial charge on any atom is -0.311 e. The molecule has 2 aliphatic heterocycles. The number of nitrogens with zero attached hydrogens (tertiary/aromatic N) is 2. The Morgan fingerprint density at radius 2 is 2.31 bits per heavy atom. The summed E-state index contributed by atoms with van der Waals surface area (Å²) in [5, 5.41) is 0. The Balaban J connectivity index is 1.81. The number of aliphatic imine (C=N–C) groups is 1. The van der Waals surface area contributed by atoms with Gasteiger partial charge < -0.3 is 4.90 Å². The van der Waals surface area contributed by atoms with Crippen molar-refractivity contribution in [2.24, 2.45) is 4.99 Å². The van der Waals surface area contributed by atoms with Gasteiger partial charge >= 0.3 is 0 Å². The second-order valence-electron chi connectivity index (χ2n) is 4.91. The molecule has 1 saturated heterocycles. The standard InChI is InChI=1S/C13H16N2O/c1-13-8-10(13)5-6-11(9-14-13)15-7-3-2-4-12(15)16/h6,8-9H,2-5,7H2,1H3. The minimum absolute atomic E-state index is 0.0307. The second kappa shape index (κ2) is 3.30. The molecule has 3 aliphatic rings. The van der Waals surface area contributed by atoms with Gasteiger partial charge in [0.2, 0.25) is 5.91 Å². The summed E-state index contributed by atoms with van der Waals surface area (Å²) in [6, 6.07) is 0. The van der Waals surface area contributed by atoms with E-state index in [-0.39, 0.29) is 11.4 Å². The number of carbonyl (C=O) groups excluding carboxylic acids is 1. The number of fused-ring (bicyclic) bond motifs is 1. The van der Waals surface area contributed by atoms with Gasteiger partial charge in [0.1, 0.15) is 0 Å². The molecule has 1 aliphatic carbocycles. The van der Waals surface area contributed by atoms with E-state index in [1.807, 2.05) is 11.1 Å². The fourth-order valence-electron chi connectivity index (χ4n) is 2.42. The molecule has 3 nitrogen and oxygen atoms in total. The number of allylic oxidation sites excluding steroid dienone is 2. The Bertz CT molecular complexity index is 433. The number of rotatable bonds is 1. The van der Waals surface area contributed by atoms with E-state index in [0.29, 0.717) is 6.42 Å². The van der Waals surface area contributed by atoms with E-state index >= 15 is 0 Å². The van der Waals surface area contributed by atoms with Crippen LogP contribution in [0.15, 0.2) is 28.4 Å². The summed E-state index contributed by atoms with van der Waals surface area (Å²) in [5.41, 5.74) is 2.35. The maximum atomic E-state index is 11.8. The van der Waals surface area contributed by atoms with Gasteiger partial charge in [-0.15, -0.1) is 0 Å². The molecule has 1 atom stereocenters. The van der Waals surface area contributed by atoms with Crippen molar-refractivity contribution in [1.82, 2.24) is 4.90 Å². The Labute approximate surface area is 95.5 Å². The number of amides is 1. The summed E-state index contributed by atoms with van der Waals surface area (Å²) in [6.45, 7) is 2.97. The highest BCUT2D eigenvalue weighted by atomic mass is 16.2. The van der Waals surface area contributed by atoms with Gasteiger partial charge in [-0.2, -0.15) is 0 Å². The second-order valence-corrected chi connectivity index (χ2v) is 4.91. The van der Waals surface area contributed by atoms with Crippen LogP contribution in [0.5, 0.6) is 0 Å². The van der Waals surface area contributed by atoms with E-state index < -0.39 is 0 Å². The predicted octanol–water partition coefficient (Wildman–Crippen LogP) is 2.06. The van der Waals surface area contributed by atoms with E-state index in [4.69, 9.17) is 0 Å². The molecule has 3 heteroatoms. The van der Waals surface area contributed by atoms with E-state index in [9.17, 15) is 4.79 Å². The zero-order valence-corrected chi connectivity index (χ0v) is 9.57. The van der Waals surface area contributed by atoms with E-state index in [0.717, 1.165) is 31.5 Å². The lowest BCUT2D eigenvalue weighted by Gasteiger charge is -2.27. The Hall–Kier alpha value is -1.38. The lowest BCUT2D eigenvalue weighted by molar-refractivity contribution is -0.130. The molecule has 0 aromatic heterocycles. The molecule has 0 saturated carbocycles. The third kappa shape index (κ3) is 1.51. The molecule has 0 bridgehead atoms. The van der Waals surface area contributed by atoms with Gasteiger partial charge in [0.15, 0.2) is 0 Å². The zero-order chi connectivity index (χ0) is 11.2. The van der Waals surface area contributed by atoms with Crippen molar-refractivity contribution >= 4 is 12.1 Å². The third-order valence-electron chi connectivity index (χ3n) is 3.65. The van der Waals surface area contributed by atoms with Crippen LogP contribution in [0.4, 0.5) is 0 Å². The molecule has 0 spiro atoms. The van der Waals surface area contributed by atoms with Crippen molar-refractivity contribution < 1.29 is 4.79 Å². The molecule has 1 amide bonds. The highest BCUT2D eigenvalue weighted by molar-refractivity contribution is 5.89. The molecule has 1 unspecified atom stereocenters. The van der Waals surface area contributed by atoms with Gasteiger partial charge in [-0.25, -0.2) is 0 Å². The van der Waals surface area contributed by atoms with Crippen molar-refractivity contribution in [1.29, 1.82) is 0 Å². The molecule has 0 aromatic carbocycles. The first-order valence-electron chi connectivity index (χ1n) is 5.97. The van der Waals surface area contributed by atoms with Crippen molar-refractivity contribution in [2.75, 3.05) is 6.54 Å². The average molecular weight is 216 g/mol. The maximum absolute atomic E-state index is 11.8. The fourth-order valence-corrected chi connectivity index (χ4v) is 2.42. The molecule has 0 N–H and O–H groups in total. The van der Waals surface area contributed by atoms with Crippen LogP contribution in [-0.2, 0) is 4.79 Å². The summed E-state index contributed by atoms with van der Waals surface area (Å²) in [7, 11) is 0. The molecule has 84 valence electrons. The van der Waals surface area contributed by atoms with Crippen LogP contribution >= 0.6 is 0 Å². The van der Waals surface area contributed by atoms with Crippen LogP contribution in [0.1, 0.15) is 32.6 Å². The highest BCUT2D eigenvalue weighted by Gasteiger charge is 2.38. The van der Waals surface area contributed by atoms with Crippen LogP contribution in [-0.4, -0.2) is 29.1 Å². The molecule has 3 rings (SSSR count). The third-order valence-corrected chi connectivity index (χ3v) is 3.65. The van der Waals surface area contributed by atoms with Crippen molar-refractivity contribution in [3.63, 3.8) is 0 Å². The molecule has 2 heterocycles. The van der Waals surface area contributed by atoms with Crippen LogP contribution in [0.2, 0.25) is 0 Å². The largest absolute Gasteiger partial charge is 0.311 e. The number of likely N-dealkylation sites (tertiary alicyclic amines) is 1. The maximum Gasteiger partial charge on any atom is 0.227 e. The SMILES string of the molecule is CC12C=C1CC=C(N1CCCCC1=O)C=N2. The lowest BCUT2D eigenvalue weighted by atomic mass is 10.1. The zero-order valence-electron chi connectivity index (χ0n) is 9.57. The summed E-state index contributed by atoms with van der Waals surface area (Å²) in [4.78, 5) is 18.2. The number of hydrogen-bond acceptors (Lipinski definition) is 2. The van der Waals surface area contributed by atoms with Gasteiger partial charge in [-0.05, 0) is 31.8 Å². The lowest BCUT2D eigenvalue weighted by Crippen LogP contribution is -2.35. The van der Waals surface area contributed by atoms with Crippen molar-refractivity contribution in [3.8, 4) is 0 Å². The number of hydrogen-bond donors (Lipinski definition) is 0. The smallest absolute Gasteiger partial charge is 0.227 e. The Kier molecular flexibility index (Phi) is 2.03. The monoisotopic (exact) mass is 216 g/mol. The van der Waals surface area contributed by atoms with Gasteiger partial charge in [-0.1, -0.05) is 12.2 Å². The van der Waals surface area contributed by atoms with E-state index in [2.05, 4.69) is 24.1 Å². The van der Waals surface area contributed by atoms with E-state index in [1.54, 1.807) is 0 Å². The Morgan fingerprint density at radius 3 is 3.12 bits per heavy atom. The first-order chi connectivity index (χ1) is 7.69. The highest BCUT2D eigenvalue weighted by Crippen LogP contribution is 2.42. The molecule has 16 heavy (non-hydrogen) atoms. The molecule has 0 aromatic rings. The summed E-state index contributed by atoms with van der Waals surface area (Å²) in [5.74, 6) is 0.249. The van der Waals surface area contributed by atoms with Gasteiger partial charge in [0.05, 0.1) is 11.2 Å². The Morgan fingerprint density at radius 1 is 1.44 bits per heavy atom. The fraction of sp³-hybridized carbons (Fsp3) is 0.538. The van der Waals surface area contributed by atoms with Gasteiger partial charge in [0.25, 0.3) is 0 Å². The average Bonchev–Trinajstić information content (AvgIpc) is 2.93. The number of carbonyl (C=O) groups is 1. The molecular formula is C13H16N2O. The molecule has 0 radical (unpaired) electrons. The minimum atomic E-state index is -0.0307. The quantitative estimate of drug-likeness (QED) is 0.617. The predicted molar refractivity (Wildman–Crippen MR) is 63.2 cm³/mol. The van der Waals surface area contributed by atoms with Crippen LogP contribution in [0.3, 0.4) is 0 Å². The van der Waals surface area contributed by atoms with Gasteiger partial charge in [0, 0.05) is 19.2 Å². The summed E-state index contributed by atoms with van der Waals surface area (Å²) < 4.78 is 0. The van der Waals surface area contributed by atoms with Gasteiger partial charge in [-0.3, -0.25) is 9.79 Å². The topological polar surface area (TPSA) is 32.7 Å². The normalized spacial score (nSPS) is 32.8. The summed E-state index contributed by atoms with van der Waals surface area (Å²) >= 11 is 0. The first-order valence-corrected chi connectivity index (χ1v) is 5.97. The molecular weight excluding hydrogens is 200 g/mol. The van der Waals surface area contributed by atoms with Crippen LogP contribution in [0, 0.1) is 0 Å². The van der Waals surface area contributed by atoms with Crippen LogP contribution in [0.25, 0.3) is 0 Å². The molecule has 1 fully saturated rings. The number of piperidine rings is 1. The van der Waals surface area contributed by atoms with Crippen LogP contribution < -0.4 is 0 Å². The van der Waals surface area contributed by atoms with Crippen molar-refractivity contribution in [2.45, 2.75) is 38.1 Å². The van der Waals surface area contributed by atoms with Crippen molar-refractivity contribution in [3.05, 3.63) is 23.4 Å². The first kappa shape index (κ1) is 9.82.